The van der Waals surface area contributed by atoms with Crippen molar-refractivity contribution in [2.75, 3.05) is 26.2 Å². The summed E-state index contributed by atoms with van der Waals surface area (Å²) in [6, 6.07) is 15.9. The Bertz CT molecular complexity index is 1160. The molecule has 0 aliphatic rings. The van der Waals surface area contributed by atoms with E-state index < -0.39 is 36.4 Å². The van der Waals surface area contributed by atoms with E-state index in [1.54, 1.807) is 4.57 Å². The lowest BCUT2D eigenvalue weighted by atomic mass is 9.96. The van der Waals surface area contributed by atoms with Gasteiger partial charge in [-0.1, -0.05) is 50.2 Å². The number of para-hydroxylation sites is 2. The normalized spacial score (nSPS) is 11.2. The molecule has 2 aromatic carbocycles. The second-order valence-electron chi connectivity index (χ2n) is 7.99. The summed E-state index contributed by atoms with van der Waals surface area (Å²) in [6.45, 7) is 7.31. The molecule has 0 saturated heterocycles. The first kappa shape index (κ1) is 28.3. The van der Waals surface area contributed by atoms with Crippen molar-refractivity contribution in [2.24, 2.45) is 0 Å². The number of carbonyl (C=O) groups is 4. The van der Waals surface area contributed by atoms with E-state index in [-0.39, 0.29) is 6.09 Å². The molecule has 0 atom stereocenters. The smallest absolute Gasteiger partial charge is 0.419 e. The van der Waals surface area contributed by atoms with Crippen LogP contribution in [0.1, 0.15) is 26.7 Å². The monoisotopic (exact) mass is 502 g/mol. The van der Waals surface area contributed by atoms with E-state index in [0.29, 0.717) is 6.61 Å². The zero-order valence-electron chi connectivity index (χ0n) is 20.1. The van der Waals surface area contributed by atoms with Crippen LogP contribution in [0.15, 0.2) is 48.5 Å². The highest BCUT2D eigenvalue weighted by Crippen LogP contribution is 2.28. The number of aliphatic hydroxyl groups is 1. The quantitative estimate of drug-likeness (QED) is 0.324. The second kappa shape index (κ2) is 12.7. The number of carboxylic acid groups (broad SMARTS) is 3. The van der Waals surface area contributed by atoms with Crippen LogP contribution in [-0.4, -0.2) is 85.7 Å². The predicted octanol–water partition coefficient (Wildman–Crippen LogP) is 2.87. The number of benzene rings is 2. The van der Waals surface area contributed by atoms with Crippen molar-refractivity contribution >= 4 is 45.8 Å². The maximum absolute atomic E-state index is 12.6. The maximum Gasteiger partial charge on any atom is 0.419 e. The van der Waals surface area contributed by atoms with Gasteiger partial charge in [0.25, 0.3) is 0 Å². The number of nitrogens with zero attached hydrogens (tertiary/aromatic N) is 2. The van der Waals surface area contributed by atoms with Gasteiger partial charge in [-0.05, 0) is 25.2 Å². The number of aliphatic carboxylic acids is 3. The number of hydrogen-bond acceptors (Lipinski definition) is 7. The first-order valence-electron chi connectivity index (χ1n) is 11.3. The van der Waals surface area contributed by atoms with E-state index in [1.807, 2.05) is 48.5 Å². The Kier molecular flexibility index (Phi) is 9.94. The highest BCUT2D eigenvalue weighted by atomic mass is 16.5. The first-order valence-corrected chi connectivity index (χ1v) is 11.3. The third-order valence-corrected chi connectivity index (χ3v) is 5.58. The van der Waals surface area contributed by atoms with Crippen molar-refractivity contribution in [1.29, 1.82) is 0 Å². The summed E-state index contributed by atoms with van der Waals surface area (Å²) < 4.78 is 7.19. The third-order valence-electron chi connectivity index (χ3n) is 5.58. The largest absolute Gasteiger partial charge is 0.481 e. The molecule has 194 valence electrons. The van der Waals surface area contributed by atoms with Gasteiger partial charge in [0, 0.05) is 17.3 Å². The Hall–Kier alpha value is -3.96. The van der Waals surface area contributed by atoms with Crippen molar-refractivity contribution in [3.63, 3.8) is 0 Å². The topological polar surface area (TPSA) is 167 Å². The number of aromatic nitrogens is 1. The molecule has 36 heavy (non-hydrogen) atoms. The lowest BCUT2D eigenvalue weighted by Crippen LogP contribution is -2.42. The molecular formula is C25H30N2O9. The summed E-state index contributed by atoms with van der Waals surface area (Å²) in [5.41, 5.74) is -0.958. The Morgan fingerprint density at radius 3 is 1.67 bits per heavy atom. The fourth-order valence-electron chi connectivity index (χ4n) is 3.70. The molecule has 0 fully saturated rings. The van der Waals surface area contributed by atoms with Crippen LogP contribution in [0.4, 0.5) is 4.79 Å². The highest BCUT2D eigenvalue weighted by Gasteiger charge is 2.40. The van der Waals surface area contributed by atoms with Gasteiger partial charge in [0.15, 0.2) is 5.60 Å². The van der Waals surface area contributed by atoms with Gasteiger partial charge in [-0.15, -0.1) is 0 Å². The molecule has 0 spiro atoms. The molecule has 1 heterocycles. The van der Waals surface area contributed by atoms with E-state index in [9.17, 15) is 19.2 Å². The molecule has 1 aromatic heterocycles. The molecule has 11 heteroatoms. The molecule has 0 aliphatic carbocycles. The molecule has 0 radical (unpaired) electrons. The van der Waals surface area contributed by atoms with Crippen molar-refractivity contribution in [1.82, 2.24) is 9.47 Å². The molecule has 0 saturated carbocycles. The SMILES string of the molecule is CCN(CC)CCOC(=O)n1c2ccccc2c2ccccc21.O=C(O)CC(O)(CC(=O)O)C(=O)O. The molecule has 4 N–H and O–H groups in total. The fourth-order valence-corrected chi connectivity index (χ4v) is 3.70. The molecule has 0 bridgehead atoms. The first-order chi connectivity index (χ1) is 17.0. The molecule has 0 unspecified atom stereocenters. The van der Waals surface area contributed by atoms with Crippen LogP contribution in [0.5, 0.6) is 0 Å². The summed E-state index contributed by atoms with van der Waals surface area (Å²) in [5.74, 6) is -5.02. The lowest BCUT2D eigenvalue weighted by molar-refractivity contribution is -0.170. The number of hydrogen-bond donors (Lipinski definition) is 4. The van der Waals surface area contributed by atoms with Crippen LogP contribution >= 0.6 is 0 Å². The van der Waals surface area contributed by atoms with Crippen molar-refractivity contribution < 1.29 is 44.3 Å². The molecular weight excluding hydrogens is 472 g/mol. The van der Waals surface area contributed by atoms with E-state index >= 15 is 0 Å². The van der Waals surface area contributed by atoms with E-state index in [0.717, 1.165) is 41.4 Å². The van der Waals surface area contributed by atoms with Crippen LogP contribution < -0.4 is 0 Å². The molecule has 3 aromatic rings. The summed E-state index contributed by atoms with van der Waals surface area (Å²) in [5, 5.41) is 36.0. The average molecular weight is 503 g/mol. The minimum absolute atomic E-state index is 0.311. The minimum Gasteiger partial charge on any atom is -0.481 e. The second-order valence-corrected chi connectivity index (χ2v) is 7.99. The number of likely N-dealkylation sites (N-methyl/N-ethyl adjacent to an activating group) is 1. The molecule has 3 rings (SSSR count). The summed E-state index contributed by atoms with van der Waals surface area (Å²) in [7, 11) is 0. The lowest BCUT2D eigenvalue weighted by Gasteiger charge is -2.18. The Morgan fingerprint density at radius 1 is 0.833 bits per heavy atom. The van der Waals surface area contributed by atoms with Gasteiger partial charge in [0.2, 0.25) is 0 Å². The minimum atomic E-state index is -2.74. The predicted molar refractivity (Wildman–Crippen MR) is 131 cm³/mol. The van der Waals surface area contributed by atoms with Crippen LogP contribution in [0, 0.1) is 0 Å². The molecule has 11 nitrogen and oxygen atoms in total. The van der Waals surface area contributed by atoms with Gasteiger partial charge < -0.3 is 30.1 Å². The third kappa shape index (κ3) is 7.03. The maximum atomic E-state index is 12.6. The number of ether oxygens (including phenoxy) is 1. The van der Waals surface area contributed by atoms with E-state index in [4.69, 9.17) is 25.2 Å². The summed E-state index contributed by atoms with van der Waals surface area (Å²) >= 11 is 0. The zero-order chi connectivity index (χ0) is 26.9. The number of rotatable bonds is 10. The van der Waals surface area contributed by atoms with Gasteiger partial charge in [-0.2, -0.15) is 0 Å². The standard InChI is InChI=1S/C19H22N2O2.C6H8O7/c1-3-20(4-2)13-14-23-19(22)21-17-11-7-5-9-15(17)16-10-6-8-12-18(16)21;7-3(8)1-6(13,5(11)12)2-4(9)10/h5-12H,3-4,13-14H2,1-2H3;13H,1-2H2,(H,7,8)(H,9,10)(H,11,12). The van der Waals surface area contributed by atoms with Crippen molar-refractivity contribution in [3.05, 3.63) is 48.5 Å². The average Bonchev–Trinajstić information content (AvgIpc) is 3.15. The molecule has 0 amide bonds. The van der Waals surface area contributed by atoms with Gasteiger partial charge in [0.1, 0.15) is 6.61 Å². The number of carbonyl (C=O) groups excluding carboxylic acids is 1. The van der Waals surface area contributed by atoms with Crippen LogP contribution in [0.3, 0.4) is 0 Å². The number of fused-ring (bicyclic) bond motifs is 3. The Labute approximate surface area is 207 Å². The van der Waals surface area contributed by atoms with E-state index in [2.05, 4.69) is 18.7 Å². The Morgan fingerprint density at radius 2 is 1.28 bits per heavy atom. The van der Waals surface area contributed by atoms with Crippen LogP contribution in [-0.2, 0) is 19.1 Å². The zero-order valence-corrected chi connectivity index (χ0v) is 20.1. The van der Waals surface area contributed by atoms with E-state index in [1.165, 1.54) is 0 Å². The number of carboxylic acids is 3. The van der Waals surface area contributed by atoms with Gasteiger partial charge in [-0.3, -0.25) is 9.59 Å². The highest BCUT2D eigenvalue weighted by molar-refractivity contribution is 6.12. The van der Waals surface area contributed by atoms with Crippen LogP contribution in [0.25, 0.3) is 21.8 Å². The Balaban J connectivity index is 0.000000302. The van der Waals surface area contributed by atoms with Gasteiger partial charge >= 0.3 is 24.0 Å². The molecule has 0 aliphatic heterocycles. The van der Waals surface area contributed by atoms with Crippen molar-refractivity contribution in [2.45, 2.75) is 32.3 Å². The fraction of sp³-hybridized carbons (Fsp3) is 0.360. The van der Waals surface area contributed by atoms with Gasteiger partial charge in [-0.25, -0.2) is 14.2 Å². The summed E-state index contributed by atoms with van der Waals surface area (Å²) in [6.07, 6.45) is -2.60. The van der Waals surface area contributed by atoms with Crippen LogP contribution in [0.2, 0.25) is 0 Å². The van der Waals surface area contributed by atoms with Crippen molar-refractivity contribution in [3.8, 4) is 0 Å². The van der Waals surface area contributed by atoms with Gasteiger partial charge in [0.05, 0.1) is 23.9 Å². The summed E-state index contributed by atoms with van der Waals surface area (Å²) in [4.78, 5) is 45.3.